The molecule has 0 fully saturated rings. The maximum atomic E-state index is 3.72. The van der Waals surface area contributed by atoms with Gasteiger partial charge in [-0.2, -0.15) is 0 Å². The summed E-state index contributed by atoms with van der Waals surface area (Å²) in [6, 6.07) is 0. The van der Waals surface area contributed by atoms with E-state index in [0.717, 1.165) is 0 Å². The maximum absolute atomic E-state index is 3.72. The molecule has 0 atom stereocenters. The SMILES string of the molecule is C=C(SC)SC. The molecule has 0 spiro atoms. The van der Waals surface area contributed by atoms with Gasteiger partial charge in [-0.25, -0.2) is 0 Å². The Morgan fingerprint density at radius 2 is 1.67 bits per heavy atom. The Labute approximate surface area is 47.4 Å². The minimum Gasteiger partial charge on any atom is -0.123 e. The number of hydrogen-bond donors (Lipinski definition) is 0. The van der Waals surface area contributed by atoms with Gasteiger partial charge in [0.25, 0.3) is 0 Å². The molecule has 36 valence electrons. The first-order chi connectivity index (χ1) is 2.81. The molecule has 0 aromatic rings. The molecule has 0 rings (SSSR count). The Bertz CT molecular complexity index is 43.5. The van der Waals surface area contributed by atoms with Gasteiger partial charge in [0.2, 0.25) is 0 Å². The molecule has 2 heteroatoms. The van der Waals surface area contributed by atoms with Crippen molar-refractivity contribution in [1.29, 1.82) is 0 Å². The van der Waals surface area contributed by atoms with Gasteiger partial charge in [0.05, 0.1) is 0 Å². The van der Waals surface area contributed by atoms with Crippen LogP contribution in [0.15, 0.2) is 10.8 Å². The average molecular weight is 120 g/mol. The summed E-state index contributed by atoms with van der Waals surface area (Å²) in [5, 5.41) is 0. The van der Waals surface area contributed by atoms with Crippen molar-refractivity contribution < 1.29 is 0 Å². The fourth-order valence-corrected chi connectivity index (χ4v) is 0.750. The number of rotatable bonds is 2. The molecule has 0 unspecified atom stereocenters. The topological polar surface area (TPSA) is 0 Å². The highest BCUT2D eigenvalue weighted by atomic mass is 32.2. The second-order valence-electron chi connectivity index (χ2n) is 0.780. The van der Waals surface area contributed by atoms with Crippen molar-refractivity contribution in [3.63, 3.8) is 0 Å². The summed E-state index contributed by atoms with van der Waals surface area (Å²) in [4.78, 5) is 0. The van der Waals surface area contributed by atoms with E-state index in [-0.39, 0.29) is 0 Å². The van der Waals surface area contributed by atoms with Crippen LogP contribution < -0.4 is 0 Å². The Balaban J connectivity index is 2.99. The maximum Gasteiger partial charge on any atom is 0.0323 e. The van der Waals surface area contributed by atoms with Crippen LogP contribution in [0.4, 0.5) is 0 Å². The molecule has 0 aliphatic carbocycles. The third-order valence-electron chi connectivity index (χ3n) is 0.455. The third-order valence-corrected chi connectivity index (χ3v) is 2.37. The molecular weight excluding hydrogens is 112 g/mol. The standard InChI is InChI=1S/C4H8S2/c1-4(5-2)6-3/h1H2,2-3H3. The van der Waals surface area contributed by atoms with Crippen LogP contribution in [0.1, 0.15) is 0 Å². The van der Waals surface area contributed by atoms with Crippen LogP contribution in [-0.4, -0.2) is 12.5 Å². The lowest BCUT2D eigenvalue weighted by Crippen LogP contribution is -1.53. The molecule has 0 N–H and O–H groups in total. The Hall–Kier alpha value is 0.440. The molecule has 0 amide bonds. The summed E-state index contributed by atoms with van der Waals surface area (Å²) < 4.78 is 1.18. The van der Waals surface area contributed by atoms with E-state index in [2.05, 4.69) is 6.58 Å². The quantitative estimate of drug-likeness (QED) is 0.548. The molecule has 0 aliphatic heterocycles. The summed E-state index contributed by atoms with van der Waals surface area (Å²) in [7, 11) is 0. The van der Waals surface area contributed by atoms with Gasteiger partial charge < -0.3 is 0 Å². The number of hydrogen-bond acceptors (Lipinski definition) is 2. The molecule has 0 radical (unpaired) electrons. The van der Waals surface area contributed by atoms with Crippen molar-refractivity contribution in [3.8, 4) is 0 Å². The lowest BCUT2D eigenvalue weighted by molar-refractivity contribution is 2.35. The summed E-state index contributed by atoms with van der Waals surface area (Å²) in [5.74, 6) is 0. The van der Waals surface area contributed by atoms with Crippen molar-refractivity contribution in [2.75, 3.05) is 12.5 Å². The fourth-order valence-electron chi connectivity index (χ4n) is 0.0833. The van der Waals surface area contributed by atoms with Gasteiger partial charge in [0.15, 0.2) is 0 Å². The van der Waals surface area contributed by atoms with Gasteiger partial charge in [-0.15, -0.1) is 23.5 Å². The van der Waals surface area contributed by atoms with Crippen molar-refractivity contribution in [2.24, 2.45) is 0 Å². The molecule has 0 aliphatic rings. The molecule has 0 aromatic heterocycles. The smallest absolute Gasteiger partial charge is 0.0323 e. The zero-order valence-electron chi connectivity index (χ0n) is 4.02. The summed E-state index contributed by atoms with van der Waals surface area (Å²) in [6.07, 6.45) is 4.05. The Morgan fingerprint density at radius 3 is 1.67 bits per heavy atom. The van der Waals surface area contributed by atoms with E-state index < -0.39 is 0 Å². The highest BCUT2D eigenvalue weighted by Crippen LogP contribution is 2.19. The van der Waals surface area contributed by atoms with E-state index in [9.17, 15) is 0 Å². The summed E-state index contributed by atoms with van der Waals surface area (Å²) in [6.45, 7) is 3.72. The Kier molecular flexibility index (Phi) is 3.89. The molecule has 0 aromatic carbocycles. The van der Waals surface area contributed by atoms with Crippen LogP contribution >= 0.6 is 23.5 Å². The first-order valence-corrected chi connectivity index (χ1v) is 4.03. The zero-order chi connectivity index (χ0) is 4.99. The normalized spacial score (nSPS) is 8.33. The molecule has 0 bridgehead atoms. The first kappa shape index (κ1) is 6.44. The van der Waals surface area contributed by atoms with E-state index in [1.807, 2.05) is 12.5 Å². The zero-order valence-corrected chi connectivity index (χ0v) is 5.66. The first-order valence-electron chi connectivity index (χ1n) is 1.58. The van der Waals surface area contributed by atoms with E-state index >= 15 is 0 Å². The van der Waals surface area contributed by atoms with Crippen LogP contribution in [0.2, 0.25) is 0 Å². The van der Waals surface area contributed by atoms with Crippen LogP contribution in [0.3, 0.4) is 0 Å². The van der Waals surface area contributed by atoms with Crippen LogP contribution in [0.5, 0.6) is 0 Å². The third kappa shape index (κ3) is 2.67. The van der Waals surface area contributed by atoms with Gasteiger partial charge in [-0.05, 0) is 12.5 Å². The molecule has 0 saturated carbocycles. The van der Waals surface area contributed by atoms with Crippen LogP contribution in [0.25, 0.3) is 0 Å². The minimum absolute atomic E-state index is 1.18. The van der Waals surface area contributed by atoms with Crippen molar-refractivity contribution in [1.82, 2.24) is 0 Å². The van der Waals surface area contributed by atoms with Gasteiger partial charge in [-0.1, -0.05) is 6.58 Å². The van der Waals surface area contributed by atoms with Crippen molar-refractivity contribution in [2.45, 2.75) is 0 Å². The van der Waals surface area contributed by atoms with Crippen molar-refractivity contribution in [3.05, 3.63) is 10.8 Å². The van der Waals surface area contributed by atoms with Gasteiger partial charge >= 0.3 is 0 Å². The molecule has 0 heterocycles. The van der Waals surface area contributed by atoms with Gasteiger partial charge in [0, 0.05) is 4.24 Å². The number of thioether (sulfide) groups is 2. The average Bonchev–Trinajstić information content (AvgIpc) is 1.65. The van der Waals surface area contributed by atoms with Gasteiger partial charge in [-0.3, -0.25) is 0 Å². The lowest BCUT2D eigenvalue weighted by atomic mass is 11.3. The van der Waals surface area contributed by atoms with Crippen LogP contribution in [-0.2, 0) is 0 Å². The summed E-state index contributed by atoms with van der Waals surface area (Å²) >= 11 is 3.39. The second-order valence-corrected chi connectivity index (χ2v) is 2.84. The monoisotopic (exact) mass is 120 g/mol. The van der Waals surface area contributed by atoms with Crippen molar-refractivity contribution >= 4 is 23.5 Å². The second kappa shape index (κ2) is 3.62. The van der Waals surface area contributed by atoms with Gasteiger partial charge in [0.1, 0.15) is 0 Å². The van der Waals surface area contributed by atoms with E-state index in [1.165, 1.54) is 4.24 Å². The van der Waals surface area contributed by atoms with E-state index in [1.54, 1.807) is 23.5 Å². The highest BCUT2D eigenvalue weighted by Gasteiger charge is 1.79. The molecule has 6 heavy (non-hydrogen) atoms. The predicted molar refractivity (Wildman–Crippen MR) is 36.2 cm³/mol. The highest BCUT2D eigenvalue weighted by molar-refractivity contribution is 8.21. The van der Waals surface area contributed by atoms with Crippen LogP contribution in [0, 0.1) is 0 Å². The lowest BCUT2D eigenvalue weighted by Gasteiger charge is -1.88. The van der Waals surface area contributed by atoms with E-state index in [4.69, 9.17) is 0 Å². The molecule has 0 nitrogen and oxygen atoms in total. The largest absolute Gasteiger partial charge is 0.123 e. The van der Waals surface area contributed by atoms with E-state index in [0.29, 0.717) is 0 Å². The predicted octanol–water partition coefficient (Wildman–Crippen LogP) is 2.18. The fraction of sp³-hybridized carbons (Fsp3) is 0.500. The summed E-state index contributed by atoms with van der Waals surface area (Å²) in [5.41, 5.74) is 0. The molecular formula is C4H8S2. The minimum atomic E-state index is 1.18. The molecule has 0 saturated heterocycles. The Morgan fingerprint density at radius 1 is 1.33 bits per heavy atom.